The van der Waals surface area contributed by atoms with Crippen molar-refractivity contribution >= 4 is 21.0 Å². The van der Waals surface area contributed by atoms with Crippen LogP contribution in [-0.2, 0) is 10.0 Å². The highest BCUT2D eigenvalue weighted by atomic mass is 32.2. The monoisotopic (exact) mass is 347 g/mol. The molecule has 0 aliphatic carbocycles. The fraction of sp³-hybridized carbons (Fsp3) is 0.375. The molecule has 1 aliphatic heterocycles. The summed E-state index contributed by atoms with van der Waals surface area (Å²) in [6, 6.07) is 8.40. The molecule has 3 aromatic rings. The average Bonchev–Trinajstić information content (AvgIpc) is 3.19. The molecule has 0 amide bonds. The maximum Gasteiger partial charge on any atom is 0.277 e. The SMILES string of the molecule is O=S(=O)(c1cc2ccccc2o1)N1CCCCC[C@H]1c1ncon1. The van der Waals surface area contributed by atoms with Gasteiger partial charge in [0.15, 0.2) is 5.82 Å². The second kappa shape index (κ2) is 6.03. The molecule has 7 nitrogen and oxygen atoms in total. The molecular formula is C16H17N3O4S. The minimum absolute atomic E-state index is 0.0425. The summed E-state index contributed by atoms with van der Waals surface area (Å²) in [4.78, 5) is 4.07. The summed E-state index contributed by atoms with van der Waals surface area (Å²) < 4.78 is 38.2. The van der Waals surface area contributed by atoms with Crippen LogP contribution in [0.4, 0.5) is 0 Å². The molecular weight excluding hydrogens is 330 g/mol. The maximum atomic E-state index is 13.2. The minimum atomic E-state index is -3.78. The summed E-state index contributed by atoms with van der Waals surface area (Å²) in [5.41, 5.74) is 0.557. The number of fused-ring (bicyclic) bond motifs is 1. The first kappa shape index (κ1) is 15.3. The Morgan fingerprint density at radius 3 is 2.83 bits per heavy atom. The Morgan fingerprint density at radius 1 is 1.17 bits per heavy atom. The van der Waals surface area contributed by atoms with Gasteiger partial charge in [0.05, 0.1) is 6.04 Å². The minimum Gasteiger partial charge on any atom is -0.443 e. The lowest BCUT2D eigenvalue weighted by atomic mass is 10.1. The highest BCUT2D eigenvalue weighted by Gasteiger charge is 2.37. The van der Waals surface area contributed by atoms with E-state index in [0.717, 1.165) is 24.6 Å². The van der Waals surface area contributed by atoms with Crippen molar-refractivity contribution in [3.63, 3.8) is 0 Å². The number of sulfonamides is 1. The molecule has 24 heavy (non-hydrogen) atoms. The van der Waals surface area contributed by atoms with Crippen LogP contribution in [0.2, 0.25) is 0 Å². The van der Waals surface area contributed by atoms with Crippen molar-refractivity contribution in [2.45, 2.75) is 36.8 Å². The van der Waals surface area contributed by atoms with Crippen LogP contribution in [0.3, 0.4) is 0 Å². The molecule has 3 heterocycles. The summed E-state index contributed by atoms with van der Waals surface area (Å²) in [6.45, 7) is 0.415. The molecule has 1 saturated heterocycles. The Balaban J connectivity index is 1.77. The number of para-hydroxylation sites is 1. The lowest BCUT2D eigenvalue weighted by Crippen LogP contribution is -2.35. The third-order valence-corrected chi connectivity index (χ3v) is 6.11. The summed E-state index contributed by atoms with van der Waals surface area (Å²) in [6.07, 6.45) is 4.59. The normalized spacial score (nSPS) is 20.2. The third-order valence-electron chi connectivity index (χ3n) is 4.35. The number of benzene rings is 1. The molecule has 4 rings (SSSR count). The Hall–Kier alpha value is -2.19. The van der Waals surface area contributed by atoms with Crippen LogP contribution < -0.4 is 0 Å². The molecule has 1 aromatic carbocycles. The van der Waals surface area contributed by atoms with E-state index < -0.39 is 16.1 Å². The van der Waals surface area contributed by atoms with Crippen LogP contribution in [-0.4, -0.2) is 29.4 Å². The van der Waals surface area contributed by atoms with E-state index in [0.29, 0.717) is 24.4 Å². The molecule has 2 aromatic heterocycles. The van der Waals surface area contributed by atoms with Crippen molar-refractivity contribution in [2.75, 3.05) is 6.54 Å². The Labute approximate surface area is 139 Å². The van der Waals surface area contributed by atoms with Gasteiger partial charge in [-0.2, -0.15) is 9.29 Å². The van der Waals surface area contributed by atoms with E-state index in [-0.39, 0.29) is 5.09 Å². The average molecular weight is 347 g/mol. The maximum absolute atomic E-state index is 13.2. The van der Waals surface area contributed by atoms with Crippen molar-refractivity contribution < 1.29 is 17.4 Å². The first-order chi connectivity index (χ1) is 11.7. The van der Waals surface area contributed by atoms with Crippen LogP contribution in [0.15, 0.2) is 50.8 Å². The largest absolute Gasteiger partial charge is 0.443 e. The lowest BCUT2D eigenvalue weighted by molar-refractivity contribution is 0.296. The molecule has 0 unspecified atom stereocenters. The Bertz CT molecular complexity index is 900. The van der Waals surface area contributed by atoms with Gasteiger partial charge in [0, 0.05) is 18.0 Å². The molecule has 8 heteroatoms. The zero-order valence-corrected chi connectivity index (χ0v) is 13.8. The first-order valence-corrected chi connectivity index (χ1v) is 9.37. The summed E-state index contributed by atoms with van der Waals surface area (Å²) in [7, 11) is -3.78. The fourth-order valence-electron chi connectivity index (χ4n) is 3.15. The Kier molecular flexibility index (Phi) is 3.85. The Morgan fingerprint density at radius 2 is 2.04 bits per heavy atom. The van der Waals surface area contributed by atoms with Crippen molar-refractivity contribution in [1.82, 2.24) is 14.4 Å². The van der Waals surface area contributed by atoms with Gasteiger partial charge in [0.25, 0.3) is 10.0 Å². The van der Waals surface area contributed by atoms with E-state index in [9.17, 15) is 8.42 Å². The number of hydrogen-bond donors (Lipinski definition) is 0. The number of aromatic nitrogens is 2. The van der Waals surface area contributed by atoms with Gasteiger partial charge in [-0.15, -0.1) is 0 Å². The number of hydrogen-bond acceptors (Lipinski definition) is 6. The lowest BCUT2D eigenvalue weighted by Gasteiger charge is -2.25. The van der Waals surface area contributed by atoms with Gasteiger partial charge >= 0.3 is 0 Å². The number of furan rings is 1. The van der Waals surface area contributed by atoms with Crippen LogP contribution in [0, 0.1) is 0 Å². The zero-order valence-electron chi connectivity index (χ0n) is 13.0. The van der Waals surface area contributed by atoms with Crippen LogP contribution in [0.1, 0.15) is 37.5 Å². The first-order valence-electron chi connectivity index (χ1n) is 7.93. The van der Waals surface area contributed by atoms with Crippen molar-refractivity contribution in [1.29, 1.82) is 0 Å². The molecule has 0 bridgehead atoms. The highest BCUT2D eigenvalue weighted by Crippen LogP contribution is 2.34. The molecule has 0 N–H and O–H groups in total. The van der Waals surface area contributed by atoms with Crippen molar-refractivity contribution in [3.8, 4) is 0 Å². The highest BCUT2D eigenvalue weighted by molar-refractivity contribution is 7.89. The standard InChI is InChI=1S/C16H17N3O4S/c20-24(21,15-10-12-6-3-4-8-14(12)23-15)19-9-5-1-2-7-13(19)16-17-11-22-18-16/h3-4,6,8,10-11,13H,1-2,5,7,9H2/t13-/m0/s1. The van der Waals surface area contributed by atoms with E-state index in [2.05, 4.69) is 10.1 Å². The molecule has 0 saturated carbocycles. The molecule has 0 spiro atoms. The number of rotatable bonds is 3. The summed E-state index contributed by atoms with van der Waals surface area (Å²) >= 11 is 0. The van der Waals surface area contributed by atoms with Gasteiger partial charge in [0.2, 0.25) is 11.5 Å². The van der Waals surface area contributed by atoms with Gasteiger partial charge in [0.1, 0.15) is 5.58 Å². The predicted molar refractivity (Wildman–Crippen MR) is 85.6 cm³/mol. The quantitative estimate of drug-likeness (QED) is 0.723. The molecule has 0 radical (unpaired) electrons. The zero-order chi connectivity index (χ0) is 16.6. The van der Waals surface area contributed by atoms with Gasteiger partial charge in [-0.25, -0.2) is 8.42 Å². The topological polar surface area (TPSA) is 89.4 Å². The van der Waals surface area contributed by atoms with E-state index in [1.54, 1.807) is 12.1 Å². The summed E-state index contributed by atoms with van der Waals surface area (Å²) in [5.74, 6) is 0.400. The van der Waals surface area contributed by atoms with Crippen LogP contribution >= 0.6 is 0 Å². The molecule has 1 atom stereocenters. The van der Waals surface area contributed by atoms with Crippen molar-refractivity contribution in [3.05, 3.63) is 42.5 Å². The van der Waals surface area contributed by atoms with Crippen LogP contribution in [0.25, 0.3) is 11.0 Å². The van der Waals surface area contributed by atoms with Crippen molar-refractivity contribution in [2.24, 2.45) is 0 Å². The van der Waals surface area contributed by atoms with Gasteiger partial charge < -0.3 is 8.94 Å². The molecule has 1 aliphatic rings. The van der Waals surface area contributed by atoms with Gasteiger partial charge in [-0.05, 0) is 18.9 Å². The molecule has 1 fully saturated rings. The van der Waals surface area contributed by atoms with Crippen LogP contribution in [0.5, 0.6) is 0 Å². The van der Waals surface area contributed by atoms with E-state index in [1.807, 2.05) is 18.2 Å². The van der Waals surface area contributed by atoms with Gasteiger partial charge in [-0.1, -0.05) is 36.2 Å². The van der Waals surface area contributed by atoms with E-state index >= 15 is 0 Å². The fourth-order valence-corrected chi connectivity index (χ4v) is 4.76. The molecule has 126 valence electrons. The van der Waals surface area contributed by atoms with E-state index in [4.69, 9.17) is 8.94 Å². The van der Waals surface area contributed by atoms with Gasteiger partial charge in [-0.3, -0.25) is 0 Å². The third kappa shape index (κ3) is 2.61. The van der Waals surface area contributed by atoms with E-state index in [1.165, 1.54) is 10.7 Å². The summed E-state index contributed by atoms with van der Waals surface area (Å²) in [5, 5.41) is 4.58. The smallest absolute Gasteiger partial charge is 0.277 e. The second-order valence-electron chi connectivity index (χ2n) is 5.87. The number of nitrogens with zero attached hydrogens (tertiary/aromatic N) is 3. The predicted octanol–water partition coefficient (Wildman–Crippen LogP) is 3.12. The second-order valence-corrected chi connectivity index (χ2v) is 7.70.